The third-order valence-corrected chi connectivity index (χ3v) is 4.71. The van der Waals surface area contributed by atoms with Gasteiger partial charge in [-0.3, -0.25) is 14.5 Å². The summed E-state index contributed by atoms with van der Waals surface area (Å²) < 4.78 is 39.8. The lowest BCUT2D eigenvalue weighted by Gasteiger charge is -2.09. The number of rotatable bonds is 5. The van der Waals surface area contributed by atoms with Crippen LogP contribution >= 0.6 is 0 Å². The summed E-state index contributed by atoms with van der Waals surface area (Å²) in [5.41, 5.74) is 0.922. The standard InChI is InChI=1S/C17H13FN4O3S/c18-12-1-7-15(8-2-12)26(24,25)22-14-5-3-13(4-6-14)21-17(23)16-11-19-9-10-20-16/h1-11,22H,(H,21,23). The molecule has 2 aromatic carbocycles. The fourth-order valence-electron chi connectivity index (χ4n) is 2.06. The summed E-state index contributed by atoms with van der Waals surface area (Å²) in [7, 11) is -3.83. The molecule has 0 aliphatic rings. The molecule has 0 fully saturated rings. The third-order valence-electron chi connectivity index (χ3n) is 3.31. The molecule has 7 nitrogen and oxygen atoms in total. The molecule has 0 bridgehead atoms. The minimum Gasteiger partial charge on any atom is -0.321 e. The van der Waals surface area contributed by atoms with Gasteiger partial charge in [-0.1, -0.05) is 0 Å². The molecule has 1 aromatic heterocycles. The van der Waals surface area contributed by atoms with Gasteiger partial charge in [0.15, 0.2) is 0 Å². The summed E-state index contributed by atoms with van der Waals surface area (Å²) >= 11 is 0. The minimum absolute atomic E-state index is 0.0565. The zero-order valence-corrected chi connectivity index (χ0v) is 14.1. The van der Waals surface area contributed by atoms with E-state index in [0.29, 0.717) is 11.4 Å². The maximum absolute atomic E-state index is 12.9. The van der Waals surface area contributed by atoms with Crippen molar-refractivity contribution in [3.63, 3.8) is 0 Å². The van der Waals surface area contributed by atoms with E-state index in [9.17, 15) is 17.6 Å². The molecule has 9 heteroatoms. The van der Waals surface area contributed by atoms with Crippen LogP contribution in [0.1, 0.15) is 10.5 Å². The summed E-state index contributed by atoms with van der Waals surface area (Å²) in [5.74, 6) is -0.954. The van der Waals surface area contributed by atoms with Crippen LogP contribution in [0.25, 0.3) is 0 Å². The average Bonchev–Trinajstić information content (AvgIpc) is 2.64. The maximum Gasteiger partial charge on any atom is 0.275 e. The predicted molar refractivity (Wildman–Crippen MR) is 93.6 cm³/mol. The smallest absolute Gasteiger partial charge is 0.275 e. The Bertz CT molecular complexity index is 1010. The minimum atomic E-state index is -3.83. The number of aromatic nitrogens is 2. The first-order valence-corrected chi connectivity index (χ1v) is 8.88. The molecule has 0 aliphatic carbocycles. The van der Waals surface area contributed by atoms with E-state index in [0.717, 1.165) is 12.1 Å². The Morgan fingerprint density at radius 2 is 1.58 bits per heavy atom. The molecular formula is C17H13FN4O3S. The average molecular weight is 372 g/mol. The van der Waals surface area contributed by atoms with Crippen molar-refractivity contribution in [3.05, 3.63) is 78.6 Å². The Balaban J connectivity index is 1.69. The van der Waals surface area contributed by atoms with Gasteiger partial charge in [0.25, 0.3) is 15.9 Å². The molecule has 1 amide bonds. The van der Waals surface area contributed by atoms with Crippen LogP contribution in [0.4, 0.5) is 15.8 Å². The van der Waals surface area contributed by atoms with Crippen molar-refractivity contribution in [2.45, 2.75) is 4.90 Å². The molecule has 1 heterocycles. The molecule has 2 N–H and O–H groups in total. The molecule has 26 heavy (non-hydrogen) atoms. The molecule has 3 rings (SSSR count). The van der Waals surface area contributed by atoms with Crippen LogP contribution in [0.2, 0.25) is 0 Å². The van der Waals surface area contributed by atoms with Gasteiger partial charge in [-0.2, -0.15) is 0 Å². The lowest BCUT2D eigenvalue weighted by Crippen LogP contribution is -2.14. The van der Waals surface area contributed by atoms with Gasteiger partial charge >= 0.3 is 0 Å². The maximum atomic E-state index is 12.9. The predicted octanol–water partition coefficient (Wildman–Crippen LogP) is 2.67. The Kier molecular flexibility index (Phi) is 4.90. The van der Waals surface area contributed by atoms with Crippen LogP contribution in [-0.4, -0.2) is 24.3 Å². The van der Waals surface area contributed by atoms with Crippen molar-refractivity contribution in [3.8, 4) is 0 Å². The molecule has 0 atom stereocenters. The first kappa shape index (κ1) is 17.5. The molecule has 0 aliphatic heterocycles. The van der Waals surface area contributed by atoms with Crippen LogP contribution < -0.4 is 10.0 Å². The molecular weight excluding hydrogens is 359 g/mol. The summed E-state index contributed by atoms with van der Waals surface area (Å²) in [6, 6.07) is 10.5. The number of halogens is 1. The van der Waals surface area contributed by atoms with Crippen molar-refractivity contribution in [2.24, 2.45) is 0 Å². The summed E-state index contributed by atoms with van der Waals surface area (Å²) in [6.07, 6.45) is 4.20. The molecule has 0 spiro atoms. The zero-order valence-electron chi connectivity index (χ0n) is 13.3. The number of nitrogens with zero attached hydrogens (tertiary/aromatic N) is 2. The van der Waals surface area contributed by atoms with Gasteiger partial charge in [-0.05, 0) is 48.5 Å². The Labute approximate surface area is 149 Å². The fraction of sp³-hybridized carbons (Fsp3) is 0. The SMILES string of the molecule is O=C(Nc1ccc(NS(=O)(=O)c2ccc(F)cc2)cc1)c1cnccn1. The summed E-state index contributed by atoms with van der Waals surface area (Å²) in [6.45, 7) is 0. The van der Waals surface area contributed by atoms with E-state index in [2.05, 4.69) is 20.0 Å². The number of amides is 1. The topological polar surface area (TPSA) is 101 Å². The van der Waals surface area contributed by atoms with Gasteiger partial charge in [0.1, 0.15) is 11.5 Å². The second-order valence-electron chi connectivity index (χ2n) is 5.18. The van der Waals surface area contributed by atoms with Crippen LogP contribution in [-0.2, 0) is 10.0 Å². The molecule has 132 valence electrons. The van der Waals surface area contributed by atoms with E-state index < -0.39 is 21.7 Å². The lowest BCUT2D eigenvalue weighted by molar-refractivity contribution is 0.102. The van der Waals surface area contributed by atoms with E-state index in [1.165, 1.54) is 55.0 Å². The first-order valence-electron chi connectivity index (χ1n) is 7.40. The second kappa shape index (κ2) is 7.28. The molecule has 0 radical (unpaired) electrons. The Morgan fingerprint density at radius 3 is 2.19 bits per heavy atom. The highest BCUT2D eigenvalue weighted by molar-refractivity contribution is 7.92. The van der Waals surface area contributed by atoms with Crippen LogP contribution in [0.5, 0.6) is 0 Å². The van der Waals surface area contributed by atoms with E-state index in [4.69, 9.17) is 0 Å². The monoisotopic (exact) mass is 372 g/mol. The van der Waals surface area contributed by atoms with E-state index >= 15 is 0 Å². The number of hydrogen-bond donors (Lipinski definition) is 2. The van der Waals surface area contributed by atoms with E-state index in [-0.39, 0.29) is 10.6 Å². The normalized spacial score (nSPS) is 11.0. The number of sulfonamides is 1. The van der Waals surface area contributed by atoms with Crippen molar-refractivity contribution in [1.29, 1.82) is 0 Å². The fourth-order valence-corrected chi connectivity index (χ4v) is 3.12. The van der Waals surface area contributed by atoms with Crippen molar-refractivity contribution >= 4 is 27.3 Å². The molecule has 3 aromatic rings. The number of carbonyl (C=O) groups excluding carboxylic acids is 1. The largest absolute Gasteiger partial charge is 0.321 e. The molecule has 0 saturated heterocycles. The van der Waals surface area contributed by atoms with Gasteiger partial charge in [0, 0.05) is 23.8 Å². The number of nitrogens with one attached hydrogen (secondary N) is 2. The van der Waals surface area contributed by atoms with Gasteiger partial charge < -0.3 is 5.32 Å². The number of anilines is 2. The second-order valence-corrected chi connectivity index (χ2v) is 6.86. The van der Waals surface area contributed by atoms with Gasteiger partial charge in [0.2, 0.25) is 0 Å². The van der Waals surface area contributed by atoms with Gasteiger partial charge in [-0.25, -0.2) is 17.8 Å². The molecule has 0 saturated carbocycles. The third kappa shape index (κ3) is 4.19. The van der Waals surface area contributed by atoms with E-state index in [1.54, 1.807) is 0 Å². The number of benzene rings is 2. The van der Waals surface area contributed by atoms with Crippen LogP contribution in [0, 0.1) is 5.82 Å². The highest BCUT2D eigenvalue weighted by atomic mass is 32.2. The quantitative estimate of drug-likeness (QED) is 0.717. The van der Waals surface area contributed by atoms with Gasteiger partial charge in [0.05, 0.1) is 11.1 Å². The van der Waals surface area contributed by atoms with E-state index in [1.807, 2.05) is 0 Å². The van der Waals surface area contributed by atoms with Crippen LogP contribution in [0.3, 0.4) is 0 Å². The van der Waals surface area contributed by atoms with Crippen molar-refractivity contribution in [2.75, 3.05) is 10.0 Å². The van der Waals surface area contributed by atoms with Gasteiger partial charge in [-0.15, -0.1) is 0 Å². The highest BCUT2D eigenvalue weighted by Crippen LogP contribution is 2.19. The Morgan fingerprint density at radius 1 is 0.923 bits per heavy atom. The first-order chi connectivity index (χ1) is 12.4. The Hall–Kier alpha value is -3.33. The number of carbonyl (C=O) groups is 1. The zero-order chi connectivity index (χ0) is 18.6. The molecule has 0 unspecified atom stereocenters. The summed E-state index contributed by atoms with van der Waals surface area (Å²) in [5, 5.41) is 2.63. The highest BCUT2D eigenvalue weighted by Gasteiger charge is 2.14. The van der Waals surface area contributed by atoms with Crippen LogP contribution in [0.15, 0.2) is 72.0 Å². The number of hydrogen-bond acceptors (Lipinski definition) is 5. The lowest BCUT2D eigenvalue weighted by atomic mass is 10.3. The van der Waals surface area contributed by atoms with Crippen molar-refractivity contribution < 1.29 is 17.6 Å². The summed E-state index contributed by atoms with van der Waals surface area (Å²) in [4.78, 5) is 19.6. The van der Waals surface area contributed by atoms with Crippen molar-refractivity contribution in [1.82, 2.24) is 9.97 Å².